The molecule has 21 heavy (non-hydrogen) atoms. The highest BCUT2D eigenvalue weighted by Gasteiger charge is 2.18. The first-order valence-corrected chi connectivity index (χ1v) is 8.80. The van der Waals surface area contributed by atoms with Gasteiger partial charge in [-0.25, -0.2) is 9.18 Å². The predicted molar refractivity (Wildman–Crippen MR) is 84.3 cm³/mol. The number of carboxylic acids is 1. The second-order valence-electron chi connectivity index (χ2n) is 4.29. The molecular weight excluding hydrogens is 313 g/mol. The molecule has 0 radical (unpaired) electrons. The largest absolute Gasteiger partial charge is 0.480 e. The minimum atomic E-state index is -1.01. The molecule has 4 nitrogen and oxygen atoms in total. The van der Waals surface area contributed by atoms with Crippen LogP contribution in [0.5, 0.6) is 0 Å². The number of amides is 1. The number of aliphatic carboxylic acids is 1. The van der Waals surface area contributed by atoms with Crippen molar-refractivity contribution in [2.45, 2.75) is 23.8 Å². The predicted octanol–water partition coefficient (Wildman–Crippen LogP) is 2.63. The number of carbonyl (C=O) groups is 2. The normalized spacial score (nSPS) is 11.9. The second-order valence-corrected chi connectivity index (χ2v) is 6.45. The SMILES string of the molecule is CSCC[C@@H](NC(=O)CCSc1ccc(F)cc1)C(=O)O. The van der Waals surface area contributed by atoms with Gasteiger partial charge in [0.15, 0.2) is 0 Å². The maximum atomic E-state index is 12.7. The summed E-state index contributed by atoms with van der Waals surface area (Å²) >= 11 is 2.97. The Morgan fingerprint density at radius 3 is 2.52 bits per heavy atom. The Morgan fingerprint density at radius 2 is 1.95 bits per heavy atom. The van der Waals surface area contributed by atoms with Gasteiger partial charge in [0, 0.05) is 17.1 Å². The van der Waals surface area contributed by atoms with Gasteiger partial charge in [-0.05, 0) is 42.7 Å². The summed E-state index contributed by atoms with van der Waals surface area (Å²) in [6.07, 6.45) is 2.53. The molecular formula is C14H18FNO3S2. The van der Waals surface area contributed by atoms with E-state index in [1.807, 2.05) is 6.26 Å². The average Bonchev–Trinajstić information content (AvgIpc) is 2.45. The van der Waals surface area contributed by atoms with E-state index in [0.717, 1.165) is 4.90 Å². The quantitative estimate of drug-likeness (QED) is 0.681. The molecule has 0 heterocycles. The zero-order chi connectivity index (χ0) is 15.7. The number of carbonyl (C=O) groups excluding carboxylic acids is 1. The molecule has 0 unspecified atom stereocenters. The summed E-state index contributed by atoms with van der Waals surface area (Å²) < 4.78 is 12.7. The van der Waals surface area contributed by atoms with Crippen LogP contribution in [0.25, 0.3) is 0 Å². The molecule has 2 N–H and O–H groups in total. The van der Waals surface area contributed by atoms with Gasteiger partial charge in [-0.1, -0.05) is 0 Å². The first-order chi connectivity index (χ1) is 10.0. The summed E-state index contributed by atoms with van der Waals surface area (Å²) in [7, 11) is 0. The van der Waals surface area contributed by atoms with Gasteiger partial charge in [0.05, 0.1) is 0 Å². The van der Waals surface area contributed by atoms with Crippen molar-refractivity contribution in [3.05, 3.63) is 30.1 Å². The molecule has 1 amide bonds. The molecule has 0 aliphatic rings. The van der Waals surface area contributed by atoms with E-state index in [-0.39, 0.29) is 18.1 Å². The van der Waals surface area contributed by atoms with Gasteiger partial charge in [0.2, 0.25) is 5.91 Å². The standard InChI is InChI=1S/C14H18FNO3S2/c1-20-8-6-12(14(18)19)16-13(17)7-9-21-11-4-2-10(15)3-5-11/h2-5,12H,6-9H2,1H3,(H,16,17)(H,18,19)/t12-/m1/s1. The Bertz CT molecular complexity index is 468. The van der Waals surface area contributed by atoms with Crippen LogP contribution in [0.1, 0.15) is 12.8 Å². The molecule has 1 atom stereocenters. The minimum Gasteiger partial charge on any atom is -0.480 e. The smallest absolute Gasteiger partial charge is 0.326 e. The maximum Gasteiger partial charge on any atom is 0.326 e. The topological polar surface area (TPSA) is 66.4 Å². The number of thioether (sulfide) groups is 2. The van der Waals surface area contributed by atoms with Crippen molar-refractivity contribution >= 4 is 35.4 Å². The summed E-state index contributed by atoms with van der Waals surface area (Å²) in [4.78, 5) is 23.6. The third-order valence-corrected chi connectivity index (χ3v) is 4.31. The molecule has 1 aromatic rings. The van der Waals surface area contributed by atoms with Gasteiger partial charge < -0.3 is 10.4 Å². The van der Waals surface area contributed by atoms with Crippen LogP contribution in [0.2, 0.25) is 0 Å². The Hall–Kier alpha value is -1.21. The fraction of sp³-hybridized carbons (Fsp3) is 0.429. The molecule has 0 fully saturated rings. The van der Waals surface area contributed by atoms with Crippen molar-refractivity contribution < 1.29 is 19.1 Å². The lowest BCUT2D eigenvalue weighted by molar-refractivity contribution is -0.141. The Labute approximate surface area is 131 Å². The lowest BCUT2D eigenvalue weighted by Gasteiger charge is -2.13. The fourth-order valence-corrected chi connectivity index (χ4v) is 2.88. The van der Waals surface area contributed by atoms with E-state index in [1.165, 1.54) is 23.9 Å². The molecule has 0 saturated carbocycles. The number of rotatable bonds is 9. The van der Waals surface area contributed by atoms with Crippen LogP contribution in [0.4, 0.5) is 4.39 Å². The van der Waals surface area contributed by atoms with Gasteiger partial charge in [0.1, 0.15) is 11.9 Å². The van der Waals surface area contributed by atoms with E-state index in [9.17, 15) is 14.0 Å². The summed E-state index contributed by atoms with van der Waals surface area (Å²) in [5.74, 6) is -0.384. The number of halogens is 1. The van der Waals surface area contributed by atoms with E-state index in [0.29, 0.717) is 17.9 Å². The van der Waals surface area contributed by atoms with Crippen molar-refractivity contribution in [1.82, 2.24) is 5.32 Å². The molecule has 0 aliphatic carbocycles. The van der Waals surface area contributed by atoms with Crippen LogP contribution in [0, 0.1) is 5.82 Å². The highest BCUT2D eigenvalue weighted by molar-refractivity contribution is 7.99. The highest BCUT2D eigenvalue weighted by Crippen LogP contribution is 2.18. The first-order valence-electron chi connectivity index (χ1n) is 6.42. The van der Waals surface area contributed by atoms with Gasteiger partial charge in [-0.15, -0.1) is 11.8 Å². The highest BCUT2D eigenvalue weighted by atomic mass is 32.2. The van der Waals surface area contributed by atoms with Crippen LogP contribution >= 0.6 is 23.5 Å². The maximum absolute atomic E-state index is 12.7. The monoisotopic (exact) mass is 331 g/mol. The van der Waals surface area contributed by atoms with Crippen LogP contribution in [0.3, 0.4) is 0 Å². The van der Waals surface area contributed by atoms with Crippen LogP contribution < -0.4 is 5.32 Å². The number of hydrogen-bond acceptors (Lipinski definition) is 4. The summed E-state index contributed by atoms with van der Waals surface area (Å²) in [6, 6.07) is 5.20. The van der Waals surface area contributed by atoms with Crippen LogP contribution in [-0.2, 0) is 9.59 Å². The zero-order valence-electron chi connectivity index (χ0n) is 11.7. The lowest BCUT2D eigenvalue weighted by atomic mass is 10.2. The van der Waals surface area contributed by atoms with Crippen LogP contribution in [0.15, 0.2) is 29.2 Å². The summed E-state index contributed by atoms with van der Waals surface area (Å²) in [6.45, 7) is 0. The molecule has 0 bridgehead atoms. The van der Waals surface area contributed by atoms with Crippen molar-refractivity contribution in [3.63, 3.8) is 0 Å². The zero-order valence-corrected chi connectivity index (χ0v) is 13.3. The van der Waals surface area contributed by atoms with Crippen molar-refractivity contribution in [2.24, 2.45) is 0 Å². The first kappa shape index (κ1) is 17.8. The van der Waals surface area contributed by atoms with Crippen molar-refractivity contribution in [2.75, 3.05) is 17.8 Å². The third kappa shape index (κ3) is 7.38. The molecule has 0 aromatic heterocycles. The van der Waals surface area contributed by atoms with Crippen molar-refractivity contribution in [3.8, 4) is 0 Å². The number of carboxylic acid groups (broad SMARTS) is 1. The minimum absolute atomic E-state index is 0.227. The fourth-order valence-electron chi connectivity index (χ4n) is 1.55. The Morgan fingerprint density at radius 1 is 1.29 bits per heavy atom. The Kier molecular flexibility index (Phi) is 8.22. The number of hydrogen-bond donors (Lipinski definition) is 2. The molecule has 116 valence electrons. The van der Waals surface area contributed by atoms with Crippen molar-refractivity contribution in [1.29, 1.82) is 0 Å². The average molecular weight is 331 g/mol. The Balaban J connectivity index is 2.32. The van der Waals surface area contributed by atoms with Gasteiger partial charge in [0.25, 0.3) is 0 Å². The van der Waals surface area contributed by atoms with E-state index in [4.69, 9.17) is 5.11 Å². The van der Waals surface area contributed by atoms with Gasteiger partial charge >= 0.3 is 5.97 Å². The molecule has 0 saturated heterocycles. The molecule has 1 aromatic carbocycles. The number of benzene rings is 1. The van der Waals surface area contributed by atoms with E-state index >= 15 is 0 Å². The summed E-state index contributed by atoms with van der Waals surface area (Å²) in [5.41, 5.74) is 0. The molecule has 1 rings (SSSR count). The molecule has 7 heteroatoms. The summed E-state index contributed by atoms with van der Waals surface area (Å²) in [5, 5.41) is 11.5. The van der Waals surface area contributed by atoms with E-state index < -0.39 is 12.0 Å². The van der Waals surface area contributed by atoms with Gasteiger partial charge in [-0.3, -0.25) is 4.79 Å². The molecule has 0 aliphatic heterocycles. The van der Waals surface area contributed by atoms with Gasteiger partial charge in [-0.2, -0.15) is 11.8 Å². The van der Waals surface area contributed by atoms with E-state index in [1.54, 1.807) is 23.9 Å². The third-order valence-electron chi connectivity index (χ3n) is 2.66. The number of nitrogens with one attached hydrogen (secondary N) is 1. The second kappa shape index (κ2) is 9.68. The van der Waals surface area contributed by atoms with Crippen LogP contribution in [-0.4, -0.2) is 40.8 Å². The lowest BCUT2D eigenvalue weighted by Crippen LogP contribution is -2.41. The molecule has 0 spiro atoms. The van der Waals surface area contributed by atoms with E-state index in [2.05, 4.69) is 5.32 Å².